The van der Waals surface area contributed by atoms with Crippen molar-refractivity contribution < 1.29 is 4.74 Å². The molecule has 1 atom stereocenters. The van der Waals surface area contributed by atoms with Gasteiger partial charge in [-0.05, 0) is 43.7 Å². The van der Waals surface area contributed by atoms with Gasteiger partial charge in [0.2, 0.25) is 0 Å². The molecule has 0 spiro atoms. The monoisotopic (exact) mass is 256 g/mol. The molecule has 1 aliphatic rings. The second kappa shape index (κ2) is 5.10. The fourth-order valence-electron chi connectivity index (χ4n) is 2.77. The van der Waals surface area contributed by atoms with E-state index in [9.17, 15) is 0 Å². The Kier molecular flexibility index (Phi) is 3.30. The van der Waals surface area contributed by atoms with Crippen molar-refractivity contribution >= 4 is 0 Å². The van der Waals surface area contributed by atoms with Crippen molar-refractivity contribution in [1.29, 1.82) is 0 Å². The molecule has 3 rings (SSSR count). The number of benzene rings is 1. The molecule has 100 valence electrons. The molecule has 0 aliphatic carbocycles. The number of ether oxygens (including phenoxy) is 1. The van der Waals surface area contributed by atoms with Crippen molar-refractivity contribution in [1.82, 2.24) is 4.57 Å². The third-order valence-electron chi connectivity index (χ3n) is 3.68. The standard InChI is InChI=1S/C16H20N2O/c1-12-4-5-16-13(9-12)10-15(19-16)11-18-8-2-3-14(18)6-7-17/h2-5,8-9,15H,6-7,10-11,17H2,1H3. The Morgan fingerprint density at radius 2 is 2.26 bits per heavy atom. The number of aromatic nitrogens is 1. The van der Waals surface area contributed by atoms with E-state index in [0.717, 1.165) is 25.1 Å². The largest absolute Gasteiger partial charge is 0.488 e. The Bertz CT molecular complexity index is 574. The molecular formula is C16H20N2O. The van der Waals surface area contributed by atoms with E-state index in [0.29, 0.717) is 6.54 Å². The van der Waals surface area contributed by atoms with Crippen LogP contribution in [0.4, 0.5) is 0 Å². The predicted octanol–water partition coefficient (Wildman–Crippen LogP) is 2.30. The molecule has 3 heteroatoms. The first-order valence-electron chi connectivity index (χ1n) is 6.86. The van der Waals surface area contributed by atoms with E-state index in [1.54, 1.807) is 0 Å². The van der Waals surface area contributed by atoms with E-state index in [1.165, 1.54) is 16.8 Å². The van der Waals surface area contributed by atoms with E-state index in [2.05, 4.69) is 48.0 Å². The van der Waals surface area contributed by atoms with Crippen LogP contribution in [-0.4, -0.2) is 17.2 Å². The van der Waals surface area contributed by atoms with Gasteiger partial charge < -0.3 is 15.0 Å². The van der Waals surface area contributed by atoms with Gasteiger partial charge in [0, 0.05) is 18.3 Å². The Hall–Kier alpha value is -1.74. The maximum absolute atomic E-state index is 6.02. The molecule has 0 bridgehead atoms. The molecule has 1 aliphatic heterocycles. The smallest absolute Gasteiger partial charge is 0.123 e. The molecule has 0 amide bonds. The topological polar surface area (TPSA) is 40.2 Å². The predicted molar refractivity (Wildman–Crippen MR) is 76.5 cm³/mol. The highest BCUT2D eigenvalue weighted by atomic mass is 16.5. The zero-order valence-corrected chi connectivity index (χ0v) is 11.3. The van der Waals surface area contributed by atoms with Crippen molar-refractivity contribution in [3.05, 3.63) is 53.3 Å². The van der Waals surface area contributed by atoms with E-state index < -0.39 is 0 Å². The maximum atomic E-state index is 6.02. The Labute approximate surface area is 114 Å². The van der Waals surface area contributed by atoms with Crippen LogP contribution in [-0.2, 0) is 19.4 Å². The molecule has 3 nitrogen and oxygen atoms in total. The maximum Gasteiger partial charge on any atom is 0.123 e. The first kappa shape index (κ1) is 12.3. The van der Waals surface area contributed by atoms with Crippen LogP contribution < -0.4 is 10.5 Å². The number of hydrogen-bond acceptors (Lipinski definition) is 2. The van der Waals surface area contributed by atoms with Gasteiger partial charge in [-0.25, -0.2) is 0 Å². The number of aryl methyl sites for hydroxylation is 1. The van der Waals surface area contributed by atoms with E-state index >= 15 is 0 Å². The number of rotatable bonds is 4. The molecule has 0 radical (unpaired) electrons. The molecule has 1 aromatic heterocycles. The Morgan fingerprint density at radius 1 is 1.37 bits per heavy atom. The van der Waals surface area contributed by atoms with Crippen molar-refractivity contribution in [2.75, 3.05) is 6.54 Å². The summed E-state index contributed by atoms with van der Waals surface area (Å²) in [4.78, 5) is 0. The van der Waals surface area contributed by atoms with Crippen molar-refractivity contribution in [3.63, 3.8) is 0 Å². The van der Waals surface area contributed by atoms with Crippen molar-refractivity contribution in [2.45, 2.75) is 32.4 Å². The minimum absolute atomic E-state index is 0.237. The van der Waals surface area contributed by atoms with Crippen LogP contribution in [0, 0.1) is 6.92 Å². The molecule has 0 fully saturated rings. The lowest BCUT2D eigenvalue weighted by Crippen LogP contribution is -2.22. The van der Waals surface area contributed by atoms with Crippen LogP contribution in [0.3, 0.4) is 0 Å². The van der Waals surface area contributed by atoms with Gasteiger partial charge in [0.05, 0.1) is 6.54 Å². The summed E-state index contributed by atoms with van der Waals surface area (Å²) >= 11 is 0. The van der Waals surface area contributed by atoms with Gasteiger partial charge in [0.15, 0.2) is 0 Å². The van der Waals surface area contributed by atoms with Crippen molar-refractivity contribution in [2.24, 2.45) is 5.73 Å². The minimum Gasteiger partial charge on any atom is -0.488 e. The summed E-state index contributed by atoms with van der Waals surface area (Å²) in [5.74, 6) is 1.04. The summed E-state index contributed by atoms with van der Waals surface area (Å²) in [6.07, 6.45) is 4.27. The average molecular weight is 256 g/mol. The van der Waals surface area contributed by atoms with Gasteiger partial charge in [-0.2, -0.15) is 0 Å². The zero-order chi connectivity index (χ0) is 13.2. The summed E-state index contributed by atoms with van der Waals surface area (Å²) in [5.41, 5.74) is 9.56. The second-order valence-electron chi connectivity index (χ2n) is 5.25. The van der Waals surface area contributed by atoms with Crippen molar-refractivity contribution in [3.8, 4) is 5.75 Å². The molecule has 1 unspecified atom stereocenters. The SMILES string of the molecule is Cc1ccc2c(c1)CC(Cn1cccc1CCN)O2. The average Bonchev–Trinajstić information content (AvgIpc) is 2.97. The van der Waals surface area contributed by atoms with E-state index in [4.69, 9.17) is 10.5 Å². The van der Waals surface area contributed by atoms with E-state index in [-0.39, 0.29) is 6.10 Å². The third-order valence-corrected chi connectivity index (χ3v) is 3.68. The second-order valence-corrected chi connectivity index (χ2v) is 5.25. The first-order valence-corrected chi connectivity index (χ1v) is 6.86. The Morgan fingerprint density at radius 3 is 3.11 bits per heavy atom. The summed E-state index contributed by atoms with van der Waals surface area (Å²) in [6, 6.07) is 10.6. The number of nitrogens with two attached hydrogens (primary N) is 1. The number of fused-ring (bicyclic) bond motifs is 1. The van der Waals surface area contributed by atoms with Gasteiger partial charge in [-0.1, -0.05) is 17.7 Å². The summed E-state index contributed by atoms with van der Waals surface area (Å²) in [5, 5.41) is 0. The highest BCUT2D eigenvalue weighted by Crippen LogP contribution is 2.30. The van der Waals surface area contributed by atoms with Gasteiger partial charge in [-0.15, -0.1) is 0 Å². The molecule has 0 saturated carbocycles. The summed E-state index contributed by atoms with van der Waals surface area (Å²) < 4.78 is 8.28. The van der Waals surface area contributed by atoms with Crippen LogP contribution in [0.15, 0.2) is 36.5 Å². The molecule has 1 aromatic carbocycles. The molecule has 0 saturated heterocycles. The fourth-order valence-corrected chi connectivity index (χ4v) is 2.77. The van der Waals surface area contributed by atoms with Gasteiger partial charge >= 0.3 is 0 Å². The van der Waals surface area contributed by atoms with Gasteiger partial charge in [-0.3, -0.25) is 0 Å². The van der Waals surface area contributed by atoms with Gasteiger partial charge in [0.1, 0.15) is 11.9 Å². The van der Waals surface area contributed by atoms with Crippen LogP contribution >= 0.6 is 0 Å². The molecule has 2 aromatic rings. The minimum atomic E-state index is 0.237. The molecule has 2 heterocycles. The van der Waals surface area contributed by atoms with Crippen LogP contribution in [0.1, 0.15) is 16.8 Å². The highest BCUT2D eigenvalue weighted by molar-refractivity contribution is 5.40. The molecule has 19 heavy (non-hydrogen) atoms. The lowest BCUT2D eigenvalue weighted by atomic mass is 10.1. The van der Waals surface area contributed by atoms with E-state index in [1.807, 2.05) is 0 Å². The number of hydrogen-bond donors (Lipinski definition) is 1. The lowest BCUT2D eigenvalue weighted by Gasteiger charge is -2.14. The van der Waals surface area contributed by atoms with Gasteiger partial charge in [0.25, 0.3) is 0 Å². The third kappa shape index (κ3) is 2.51. The lowest BCUT2D eigenvalue weighted by molar-refractivity contribution is 0.208. The normalized spacial score (nSPS) is 17.3. The highest BCUT2D eigenvalue weighted by Gasteiger charge is 2.23. The number of nitrogens with zero attached hydrogens (tertiary/aromatic N) is 1. The quantitative estimate of drug-likeness (QED) is 0.912. The van der Waals surface area contributed by atoms with Crippen LogP contribution in [0.25, 0.3) is 0 Å². The first-order chi connectivity index (χ1) is 9.26. The summed E-state index contributed by atoms with van der Waals surface area (Å²) in [7, 11) is 0. The van der Waals surface area contributed by atoms with Crippen LogP contribution in [0.2, 0.25) is 0 Å². The Balaban J connectivity index is 1.71. The fraction of sp³-hybridized carbons (Fsp3) is 0.375. The summed E-state index contributed by atoms with van der Waals surface area (Å²) in [6.45, 7) is 3.71. The molecule has 2 N–H and O–H groups in total. The van der Waals surface area contributed by atoms with Crippen LogP contribution in [0.5, 0.6) is 5.75 Å². The molecular weight excluding hydrogens is 236 g/mol. The zero-order valence-electron chi connectivity index (χ0n) is 11.3.